The third-order valence-electron chi connectivity index (χ3n) is 3.90. The van der Waals surface area contributed by atoms with Crippen molar-refractivity contribution in [3.63, 3.8) is 0 Å². The molecule has 0 spiro atoms. The molecular formula is C15H22ClN. The van der Waals surface area contributed by atoms with Crippen LogP contribution < -0.4 is 5.32 Å². The molecule has 0 saturated heterocycles. The van der Waals surface area contributed by atoms with Gasteiger partial charge in [0.15, 0.2) is 0 Å². The summed E-state index contributed by atoms with van der Waals surface area (Å²) in [7, 11) is 0. The molecule has 17 heavy (non-hydrogen) atoms. The van der Waals surface area contributed by atoms with Crippen LogP contribution in [0.3, 0.4) is 0 Å². The highest BCUT2D eigenvalue weighted by molar-refractivity contribution is 6.30. The maximum absolute atomic E-state index is 5.88. The Hall–Kier alpha value is -0.530. The smallest absolute Gasteiger partial charge is 0.0406 e. The van der Waals surface area contributed by atoms with Gasteiger partial charge in [0.25, 0.3) is 0 Å². The van der Waals surface area contributed by atoms with E-state index in [0.29, 0.717) is 6.04 Å². The van der Waals surface area contributed by atoms with Crippen LogP contribution in [0.5, 0.6) is 0 Å². The van der Waals surface area contributed by atoms with Crippen molar-refractivity contribution in [2.24, 2.45) is 5.92 Å². The Morgan fingerprint density at radius 1 is 1.18 bits per heavy atom. The highest BCUT2D eigenvalue weighted by Gasteiger charge is 2.19. The number of hydrogen-bond acceptors (Lipinski definition) is 1. The molecule has 1 nitrogen and oxygen atoms in total. The molecule has 2 rings (SSSR count). The lowest BCUT2D eigenvalue weighted by Crippen LogP contribution is -2.34. The van der Waals surface area contributed by atoms with Gasteiger partial charge in [-0.15, -0.1) is 0 Å². The van der Waals surface area contributed by atoms with E-state index in [1.165, 1.54) is 37.7 Å². The molecule has 1 aromatic rings. The van der Waals surface area contributed by atoms with Crippen LogP contribution in [0.2, 0.25) is 5.02 Å². The van der Waals surface area contributed by atoms with Crippen molar-refractivity contribution >= 4 is 11.6 Å². The molecule has 0 aromatic heterocycles. The summed E-state index contributed by atoms with van der Waals surface area (Å²) < 4.78 is 0. The summed E-state index contributed by atoms with van der Waals surface area (Å²) in [5.74, 6) is 0.871. The van der Waals surface area contributed by atoms with Crippen molar-refractivity contribution in [3.05, 3.63) is 34.9 Å². The molecule has 0 aliphatic heterocycles. The first-order valence-electron chi connectivity index (χ1n) is 6.73. The van der Waals surface area contributed by atoms with Gasteiger partial charge in [-0.3, -0.25) is 0 Å². The van der Waals surface area contributed by atoms with Crippen molar-refractivity contribution in [2.75, 3.05) is 0 Å². The van der Waals surface area contributed by atoms with E-state index in [9.17, 15) is 0 Å². The molecule has 1 aromatic carbocycles. The largest absolute Gasteiger partial charge is 0.310 e. The standard InChI is InChI=1S/C15H22ClN/c1-12(14-5-3-2-4-6-14)17-11-13-7-9-15(16)10-8-13/h7-10,12,14,17H,2-6,11H2,1H3. The van der Waals surface area contributed by atoms with E-state index in [0.717, 1.165) is 17.5 Å². The maximum Gasteiger partial charge on any atom is 0.0406 e. The lowest BCUT2D eigenvalue weighted by atomic mass is 9.84. The second kappa shape index (κ2) is 6.42. The first kappa shape index (κ1) is 12.9. The topological polar surface area (TPSA) is 12.0 Å². The molecule has 1 unspecified atom stereocenters. The van der Waals surface area contributed by atoms with E-state index in [1.54, 1.807) is 0 Å². The Kier molecular flexibility index (Phi) is 4.87. The molecule has 1 fully saturated rings. The van der Waals surface area contributed by atoms with Gasteiger partial charge in [0.1, 0.15) is 0 Å². The minimum Gasteiger partial charge on any atom is -0.310 e. The van der Waals surface area contributed by atoms with E-state index in [2.05, 4.69) is 24.4 Å². The third kappa shape index (κ3) is 4.01. The van der Waals surface area contributed by atoms with Crippen LogP contribution in [0, 0.1) is 5.92 Å². The lowest BCUT2D eigenvalue weighted by Gasteiger charge is -2.28. The summed E-state index contributed by atoms with van der Waals surface area (Å²) in [6.45, 7) is 3.28. The van der Waals surface area contributed by atoms with Crippen molar-refractivity contribution in [2.45, 2.75) is 51.6 Å². The Bertz CT molecular complexity index is 327. The lowest BCUT2D eigenvalue weighted by molar-refractivity contribution is 0.280. The summed E-state index contributed by atoms with van der Waals surface area (Å²) in [5.41, 5.74) is 1.32. The molecule has 0 amide bonds. The van der Waals surface area contributed by atoms with Crippen LogP contribution in [-0.2, 0) is 6.54 Å². The van der Waals surface area contributed by atoms with Crippen molar-refractivity contribution in [1.29, 1.82) is 0 Å². The molecular weight excluding hydrogens is 230 g/mol. The second-order valence-electron chi connectivity index (χ2n) is 5.19. The van der Waals surface area contributed by atoms with Crippen molar-refractivity contribution in [1.82, 2.24) is 5.32 Å². The number of benzene rings is 1. The SMILES string of the molecule is CC(NCc1ccc(Cl)cc1)C1CCCCC1. The zero-order chi connectivity index (χ0) is 12.1. The first-order chi connectivity index (χ1) is 8.25. The fourth-order valence-corrected chi connectivity index (χ4v) is 2.81. The van der Waals surface area contributed by atoms with E-state index >= 15 is 0 Å². The molecule has 2 heteroatoms. The van der Waals surface area contributed by atoms with Crippen LogP contribution >= 0.6 is 11.6 Å². The minimum atomic E-state index is 0.631. The number of hydrogen-bond donors (Lipinski definition) is 1. The fourth-order valence-electron chi connectivity index (χ4n) is 2.68. The van der Waals surface area contributed by atoms with Crippen LogP contribution in [0.15, 0.2) is 24.3 Å². The predicted molar refractivity (Wildman–Crippen MR) is 74.3 cm³/mol. The average Bonchev–Trinajstić information content (AvgIpc) is 2.39. The molecule has 0 heterocycles. The van der Waals surface area contributed by atoms with Gasteiger partial charge in [-0.1, -0.05) is 43.0 Å². The molecule has 0 bridgehead atoms. The van der Waals surface area contributed by atoms with Crippen LogP contribution in [0.4, 0.5) is 0 Å². The van der Waals surface area contributed by atoms with E-state index < -0.39 is 0 Å². The van der Waals surface area contributed by atoms with E-state index in [-0.39, 0.29) is 0 Å². The highest BCUT2D eigenvalue weighted by atomic mass is 35.5. The summed E-state index contributed by atoms with van der Waals surface area (Å²) in [6, 6.07) is 8.76. The number of halogens is 1. The molecule has 1 saturated carbocycles. The van der Waals surface area contributed by atoms with Crippen molar-refractivity contribution < 1.29 is 0 Å². The monoisotopic (exact) mass is 251 g/mol. The Morgan fingerprint density at radius 3 is 2.47 bits per heavy atom. The van der Waals surface area contributed by atoms with E-state index in [4.69, 9.17) is 11.6 Å². The van der Waals surface area contributed by atoms with Gasteiger partial charge < -0.3 is 5.32 Å². The fraction of sp³-hybridized carbons (Fsp3) is 0.600. The van der Waals surface area contributed by atoms with Gasteiger partial charge in [0.2, 0.25) is 0 Å². The van der Waals surface area contributed by atoms with Crippen LogP contribution in [0.1, 0.15) is 44.6 Å². The average molecular weight is 252 g/mol. The summed E-state index contributed by atoms with van der Waals surface area (Å²) >= 11 is 5.88. The number of rotatable bonds is 4. The molecule has 1 aliphatic rings. The van der Waals surface area contributed by atoms with Gasteiger partial charge in [-0.2, -0.15) is 0 Å². The highest BCUT2D eigenvalue weighted by Crippen LogP contribution is 2.26. The minimum absolute atomic E-state index is 0.631. The Labute approximate surface area is 110 Å². The third-order valence-corrected chi connectivity index (χ3v) is 4.15. The normalized spacial score (nSPS) is 19.2. The molecule has 0 radical (unpaired) electrons. The summed E-state index contributed by atoms with van der Waals surface area (Å²) in [4.78, 5) is 0. The predicted octanol–water partition coefficient (Wildman–Crippen LogP) is 4.40. The molecule has 1 aliphatic carbocycles. The van der Waals surface area contributed by atoms with Gasteiger partial charge in [0, 0.05) is 17.6 Å². The zero-order valence-electron chi connectivity index (χ0n) is 10.6. The van der Waals surface area contributed by atoms with Gasteiger partial charge in [-0.05, 0) is 43.4 Å². The zero-order valence-corrected chi connectivity index (χ0v) is 11.3. The van der Waals surface area contributed by atoms with Crippen LogP contribution in [0.25, 0.3) is 0 Å². The number of nitrogens with one attached hydrogen (secondary N) is 1. The molecule has 1 atom stereocenters. The Morgan fingerprint density at radius 2 is 1.82 bits per heavy atom. The van der Waals surface area contributed by atoms with E-state index in [1.807, 2.05) is 12.1 Å². The Balaban J connectivity index is 1.78. The maximum atomic E-state index is 5.88. The quantitative estimate of drug-likeness (QED) is 0.837. The van der Waals surface area contributed by atoms with Crippen molar-refractivity contribution in [3.8, 4) is 0 Å². The van der Waals surface area contributed by atoms with Gasteiger partial charge >= 0.3 is 0 Å². The summed E-state index contributed by atoms with van der Waals surface area (Å²) in [6.07, 6.45) is 7.05. The van der Waals surface area contributed by atoms with Gasteiger partial charge in [0.05, 0.1) is 0 Å². The first-order valence-corrected chi connectivity index (χ1v) is 7.11. The van der Waals surface area contributed by atoms with Crippen LogP contribution in [-0.4, -0.2) is 6.04 Å². The molecule has 94 valence electrons. The van der Waals surface area contributed by atoms with Gasteiger partial charge in [-0.25, -0.2) is 0 Å². The second-order valence-corrected chi connectivity index (χ2v) is 5.63. The summed E-state index contributed by atoms with van der Waals surface area (Å²) in [5, 5.41) is 4.46. The molecule has 1 N–H and O–H groups in total.